The largest absolute Gasteiger partial charge is 0.341 e. The van der Waals surface area contributed by atoms with Gasteiger partial charge >= 0.3 is 0 Å². The molecule has 3 aromatic rings. The zero-order valence-corrected chi connectivity index (χ0v) is 12.5. The number of pyridine rings is 1. The van der Waals surface area contributed by atoms with E-state index in [1.165, 1.54) is 0 Å². The highest BCUT2D eigenvalue weighted by Crippen LogP contribution is 2.40. The minimum atomic E-state index is -2.52. The highest BCUT2D eigenvalue weighted by molar-refractivity contribution is 6.31. The summed E-state index contributed by atoms with van der Waals surface area (Å²) in [5.74, 6) is -1.69. The topological polar surface area (TPSA) is 41.6 Å². The first-order valence-corrected chi connectivity index (χ1v) is 7.71. The summed E-state index contributed by atoms with van der Waals surface area (Å²) in [5.41, 5.74) is 2.46. The summed E-state index contributed by atoms with van der Waals surface area (Å²) >= 11 is 6.06. The fraction of sp³-hybridized carbons (Fsp3) is 0.375. The van der Waals surface area contributed by atoms with E-state index in [4.69, 9.17) is 11.6 Å². The van der Waals surface area contributed by atoms with Crippen LogP contribution >= 0.6 is 11.6 Å². The Kier molecular flexibility index (Phi) is 3.08. The van der Waals surface area contributed by atoms with Gasteiger partial charge in [0.15, 0.2) is 0 Å². The van der Waals surface area contributed by atoms with Crippen LogP contribution in [0.3, 0.4) is 0 Å². The van der Waals surface area contributed by atoms with Crippen LogP contribution in [0.2, 0.25) is 5.02 Å². The van der Waals surface area contributed by atoms with E-state index in [9.17, 15) is 8.78 Å². The Morgan fingerprint density at radius 3 is 2.73 bits per heavy atom. The van der Waals surface area contributed by atoms with Crippen LogP contribution in [0.25, 0.3) is 21.9 Å². The smallest absolute Gasteiger partial charge is 0.248 e. The maximum Gasteiger partial charge on any atom is 0.248 e. The lowest BCUT2D eigenvalue weighted by atomic mass is 9.86. The number of aromatic amines is 1. The number of nitrogens with zero attached hydrogens (tertiary/aromatic N) is 2. The Labute approximate surface area is 130 Å². The van der Waals surface area contributed by atoms with E-state index in [-0.39, 0.29) is 18.8 Å². The van der Waals surface area contributed by atoms with Gasteiger partial charge in [0.05, 0.1) is 17.2 Å². The Morgan fingerprint density at radius 1 is 1.18 bits per heavy atom. The summed E-state index contributed by atoms with van der Waals surface area (Å²) in [4.78, 5) is 12.2. The van der Waals surface area contributed by atoms with Gasteiger partial charge in [0.1, 0.15) is 11.3 Å². The van der Waals surface area contributed by atoms with Crippen molar-refractivity contribution in [3.63, 3.8) is 0 Å². The van der Waals surface area contributed by atoms with E-state index in [0.717, 1.165) is 27.8 Å². The van der Waals surface area contributed by atoms with E-state index in [1.807, 2.05) is 12.1 Å². The number of rotatable bonds is 1. The van der Waals surface area contributed by atoms with Crippen LogP contribution < -0.4 is 0 Å². The molecule has 0 saturated heterocycles. The van der Waals surface area contributed by atoms with E-state index < -0.39 is 5.92 Å². The number of aromatic nitrogens is 3. The van der Waals surface area contributed by atoms with E-state index in [1.54, 1.807) is 12.3 Å². The fourth-order valence-corrected chi connectivity index (χ4v) is 3.34. The van der Waals surface area contributed by atoms with Crippen molar-refractivity contribution in [2.75, 3.05) is 0 Å². The molecule has 0 radical (unpaired) electrons. The molecule has 1 fully saturated rings. The molecule has 114 valence electrons. The summed E-state index contributed by atoms with van der Waals surface area (Å²) < 4.78 is 26.6. The van der Waals surface area contributed by atoms with E-state index in [0.29, 0.717) is 17.9 Å². The van der Waals surface area contributed by atoms with Gasteiger partial charge in [0.25, 0.3) is 0 Å². The van der Waals surface area contributed by atoms with Crippen molar-refractivity contribution < 1.29 is 8.78 Å². The quantitative estimate of drug-likeness (QED) is 0.681. The van der Waals surface area contributed by atoms with Gasteiger partial charge in [-0.25, -0.2) is 13.8 Å². The zero-order valence-electron chi connectivity index (χ0n) is 11.7. The van der Waals surface area contributed by atoms with Crippen LogP contribution in [0.1, 0.15) is 37.4 Å². The lowest BCUT2D eigenvalue weighted by Crippen LogP contribution is -2.24. The molecule has 0 aliphatic heterocycles. The van der Waals surface area contributed by atoms with Crippen LogP contribution in [-0.4, -0.2) is 20.9 Å². The molecule has 2 heterocycles. The third kappa shape index (κ3) is 2.33. The van der Waals surface area contributed by atoms with Gasteiger partial charge in [-0.05, 0) is 31.0 Å². The lowest BCUT2D eigenvalue weighted by Gasteiger charge is -2.26. The number of nitrogens with one attached hydrogen (secondary N) is 1. The second-order valence-electron chi connectivity index (χ2n) is 5.93. The molecule has 6 heteroatoms. The molecule has 4 rings (SSSR count). The summed E-state index contributed by atoms with van der Waals surface area (Å²) in [6.07, 6.45) is 2.49. The van der Waals surface area contributed by atoms with Crippen molar-refractivity contribution in [3.05, 3.63) is 35.2 Å². The predicted molar refractivity (Wildman–Crippen MR) is 82.6 cm³/mol. The molecule has 0 amide bonds. The predicted octanol–water partition coefficient (Wildman–Crippen LogP) is 5.06. The molecule has 0 atom stereocenters. The van der Waals surface area contributed by atoms with Crippen LogP contribution in [0.4, 0.5) is 8.78 Å². The van der Waals surface area contributed by atoms with Gasteiger partial charge in [-0.3, -0.25) is 4.98 Å². The standard InChI is InChI=1S/C16H14ClF2N3/c17-10-1-2-12-11(7-10)14-13(8-20-12)21-15(22-14)9-3-5-16(18,19)6-4-9/h1-2,7-9H,3-6H2,(H,21,22). The van der Waals surface area contributed by atoms with Crippen LogP contribution in [0, 0.1) is 0 Å². The second kappa shape index (κ2) is 4.88. The Bertz CT molecular complexity index is 849. The lowest BCUT2D eigenvalue weighted by molar-refractivity contribution is -0.0387. The molecule has 22 heavy (non-hydrogen) atoms. The maximum atomic E-state index is 13.3. The minimum absolute atomic E-state index is 0.0567. The molecule has 1 N–H and O–H groups in total. The van der Waals surface area contributed by atoms with E-state index in [2.05, 4.69) is 15.0 Å². The second-order valence-corrected chi connectivity index (χ2v) is 6.37. The Morgan fingerprint density at radius 2 is 1.95 bits per heavy atom. The Balaban J connectivity index is 1.77. The highest BCUT2D eigenvalue weighted by atomic mass is 35.5. The molecule has 3 nitrogen and oxygen atoms in total. The number of halogens is 3. The first-order valence-electron chi connectivity index (χ1n) is 7.33. The average Bonchev–Trinajstić information content (AvgIpc) is 2.91. The Hall–Kier alpha value is -1.75. The van der Waals surface area contributed by atoms with Gasteiger partial charge in [0, 0.05) is 29.2 Å². The molecule has 0 bridgehead atoms. The summed E-state index contributed by atoms with van der Waals surface area (Å²) in [6, 6.07) is 5.51. The number of hydrogen-bond acceptors (Lipinski definition) is 2. The molecular formula is C16H14ClF2N3. The molecule has 1 aliphatic rings. The van der Waals surface area contributed by atoms with Crippen LogP contribution in [0.15, 0.2) is 24.4 Å². The molecular weight excluding hydrogens is 308 g/mol. The van der Waals surface area contributed by atoms with Crippen molar-refractivity contribution in [3.8, 4) is 0 Å². The molecule has 2 aromatic heterocycles. The monoisotopic (exact) mass is 321 g/mol. The number of imidazole rings is 1. The first-order chi connectivity index (χ1) is 10.5. The van der Waals surface area contributed by atoms with Crippen molar-refractivity contribution in [1.29, 1.82) is 0 Å². The molecule has 0 spiro atoms. The SMILES string of the molecule is FC1(F)CCC(c2nc3cnc4ccc(Cl)cc4c3[nH]2)CC1. The summed E-state index contributed by atoms with van der Waals surface area (Å²) in [5, 5.41) is 1.54. The zero-order chi connectivity index (χ0) is 15.3. The van der Waals surface area contributed by atoms with Crippen LogP contribution in [0.5, 0.6) is 0 Å². The van der Waals surface area contributed by atoms with Crippen molar-refractivity contribution in [1.82, 2.24) is 15.0 Å². The van der Waals surface area contributed by atoms with Gasteiger partial charge < -0.3 is 4.98 Å². The third-order valence-electron chi connectivity index (χ3n) is 4.41. The highest BCUT2D eigenvalue weighted by Gasteiger charge is 2.36. The van der Waals surface area contributed by atoms with Gasteiger partial charge in [-0.2, -0.15) is 0 Å². The van der Waals surface area contributed by atoms with E-state index >= 15 is 0 Å². The number of H-pyrrole nitrogens is 1. The maximum absolute atomic E-state index is 13.3. The van der Waals surface area contributed by atoms with Crippen molar-refractivity contribution in [2.45, 2.75) is 37.5 Å². The van der Waals surface area contributed by atoms with Gasteiger partial charge in [-0.1, -0.05) is 11.6 Å². The third-order valence-corrected chi connectivity index (χ3v) is 4.64. The molecule has 1 saturated carbocycles. The number of benzene rings is 1. The molecule has 1 aliphatic carbocycles. The normalized spacial score (nSPS) is 19.0. The minimum Gasteiger partial charge on any atom is -0.341 e. The average molecular weight is 322 g/mol. The van der Waals surface area contributed by atoms with Gasteiger partial charge in [0.2, 0.25) is 5.92 Å². The van der Waals surface area contributed by atoms with Crippen LogP contribution in [-0.2, 0) is 0 Å². The summed E-state index contributed by atoms with van der Waals surface area (Å²) in [7, 11) is 0. The number of fused-ring (bicyclic) bond motifs is 3. The van der Waals surface area contributed by atoms with Gasteiger partial charge in [-0.15, -0.1) is 0 Å². The number of hydrogen-bond donors (Lipinski definition) is 1. The van der Waals surface area contributed by atoms with Crippen molar-refractivity contribution in [2.24, 2.45) is 0 Å². The molecule has 1 aromatic carbocycles. The van der Waals surface area contributed by atoms with Crippen molar-refractivity contribution >= 4 is 33.5 Å². The first kappa shape index (κ1) is 13.9. The summed E-state index contributed by atoms with van der Waals surface area (Å²) in [6.45, 7) is 0. The fourth-order valence-electron chi connectivity index (χ4n) is 3.16. The molecule has 0 unspecified atom stereocenters. The number of alkyl halides is 2.